The van der Waals surface area contributed by atoms with Crippen LogP contribution in [0.1, 0.15) is 10.4 Å². The Balaban J connectivity index is 1.90. The minimum atomic E-state index is -0.253. The molecule has 20 heavy (non-hydrogen) atoms. The van der Waals surface area contributed by atoms with Crippen molar-refractivity contribution < 1.29 is 4.79 Å². The fraction of sp³-hybridized carbons (Fsp3) is 0. The second kappa shape index (κ2) is 5.26. The number of carbonyl (C=O) groups is 1. The number of anilines is 1. The number of nitrogens with zero attached hydrogens (tertiary/aromatic N) is 1. The Kier molecular flexibility index (Phi) is 3.46. The highest BCUT2D eigenvalue weighted by molar-refractivity contribution is 9.10. The van der Waals surface area contributed by atoms with Crippen LogP contribution in [-0.2, 0) is 0 Å². The number of benzene rings is 2. The smallest absolute Gasteiger partial charge is 0.256 e. The van der Waals surface area contributed by atoms with Crippen molar-refractivity contribution in [2.75, 3.05) is 5.32 Å². The molecule has 3 rings (SSSR count). The topological polar surface area (TPSA) is 57.8 Å². The normalized spacial score (nSPS) is 10.7. The molecule has 0 aliphatic heterocycles. The average molecular weight is 351 g/mol. The van der Waals surface area contributed by atoms with E-state index >= 15 is 0 Å². The van der Waals surface area contributed by atoms with Gasteiger partial charge in [0.25, 0.3) is 5.91 Å². The summed E-state index contributed by atoms with van der Waals surface area (Å²) in [5.74, 6) is 0.251. The van der Waals surface area contributed by atoms with Gasteiger partial charge in [-0.05, 0) is 46.3 Å². The molecule has 2 N–H and O–H groups in total. The van der Waals surface area contributed by atoms with Gasteiger partial charge in [0, 0.05) is 15.4 Å². The zero-order chi connectivity index (χ0) is 14.1. The van der Waals surface area contributed by atoms with E-state index in [0.29, 0.717) is 16.4 Å². The zero-order valence-electron chi connectivity index (χ0n) is 10.2. The third kappa shape index (κ3) is 2.42. The molecule has 6 heteroatoms. The lowest BCUT2D eigenvalue weighted by Gasteiger charge is -2.04. The number of aromatic nitrogens is 2. The molecule has 1 amide bonds. The molecule has 1 heterocycles. The number of halogens is 2. The van der Waals surface area contributed by atoms with E-state index in [0.717, 1.165) is 15.4 Å². The molecule has 1 aromatic heterocycles. The quantitative estimate of drug-likeness (QED) is 0.726. The maximum atomic E-state index is 12.2. The first-order valence-corrected chi connectivity index (χ1v) is 7.02. The minimum absolute atomic E-state index is 0.253. The Morgan fingerprint density at radius 3 is 2.85 bits per heavy atom. The van der Waals surface area contributed by atoms with E-state index in [-0.39, 0.29) is 5.91 Å². The summed E-state index contributed by atoms with van der Waals surface area (Å²) in [5.41, 5.74) is 1.35. The van der Waals surface area contributed by atoms with E-state index in [1.165, 1.54) is 0 Å². The first kappa shape index (κ1) is 13.1. The predicted molar refractivity (Wildman–Crippen MR) is 83.2 cm³/mol. The zero-order valence-corrected chi connectivity index (χ0v) is 12.5. The summed E-state index contributed by atoms with van der Waals surface area (Å²) in [6, 6.07) is 12.6. The Morgan fingerprint density at radius 2 is 2.05 bits per heavy atom. The van der Waals surface area contributed by atoms with Crippen LogP contribution in [0.2, 0.25) is 5.02 Å². The van der Waals surface area contributed by atoms with E-state index in [2.05, 4.69) is 31.4 Å². The molecule has 0 unspecified atom stereocenters. The number of fused-ring (bicyclic) bond motifs is 1. The van der Waals surface area contributed by atoms with Gasteiger partial charge in [-0.15, -0.1) is 0 Å². The lowest BCUT2D eigenvalue weighted by molar-refractivity contribution is 0.102. The van der Waals surface area contributed by atoms with Gasteiger partial charge in [0.05, 0.1) is 10.5 Å². The van der Waals surface area contributed by atoms with Gasteiger partial charge in [-0.1, -0.05) is 23.7 Å². The number of nitrogens with one attached hydrogen (secondary N) is 2. The van der Waals surface area contributed by atoms with Crippen molar-refractivity contribution >= 4 is 50.2 Å². The third-order valence-electron chi connectivity index (χ3n) is 2.88. The van der Waals surface area contributed by atoms with Gasteiger partial charge in [-0.3, -0.25) is 9.89 Å². The Morgan fingerprint density at radius 1 is 1.25 bits per heavy atom. The summed E-state index contributed by atoms with van der Waals surface area (Å²) in [6.07, 6.45) is 0. The van der Waals surface area contributed by atoms with Crippen molar-refractivity contribution in [3.05, 3.63) is 57.5 Å². The molecule has 0 bridgehead atoms. The van der Waals surface area contributed by atoms with E-state index in [1.807, 2.05) is 24.3 Å². The molecular formula is C14H9BrClN3O. The monoisotopic (exact) mass is 349 g/mol. The van der Waals surface area contributed by atoms with Crippen LogP contribution < -0.4 is 5.32 Å². The van der Waals surface area contributed by atoms with E-state index in [1.54, 1.807) is 18.2 Å². The van der Waals surface area contributed by atoms with Crippen molar-refractivity contribution in [3.8, 4) is 0 Å². The lowest BCUT2D eigenvalue weighted by atomic mass is 10.2. The number of carbonyl (C=O) groups excluding carboxylic acids is 1. The van der Waals surface area contributed by atoms with Crippen molar-refractivity contribution in [2.45, 2.75) is 0 Å². The number of amides is 1. The molecule has 0 fully saturated rings. The van der Waals surface area contributed by atoms with Crippen LogP contribution in [-0.4, -0.2) is 16.1 Å². The number of hydrogen-bond acceptors (Lipinski definition) is 2. The van der Waals surface area contributed by atoms with Gasteiger partial charge < -0.3 is 5.32 Å². The largest absolute Gasteiger partial charge is 0.305 e. The Bertz CT molecular complexity index is 800. The molecule has 0 aliphatic rings. The fourth-order valence-corrected chi connectivity index (χ4v) is 2.30. The van der Waals surface area contributed by atoms with Crippen LogP contribution in [0.15, 0.2) is 46.9 Å². The van der Waals surface area contributed by atoms with E-state index < -0.39 is 0 Å². The SMILES string of the molecule is O=C(Nc1n[nH]c2ccccc12)c1ccc(Br)c(Cl)c1. The number of aromatic amines is 1. The highest BCUT2D eigenvalue weighted by Crippen LogP contribution is 2.24. The third-order valence-corrected chi connectivity index (χ3v) is 4.12. The summed E-state index contributed by atoms with van der Waals surface area (Å²) < 4.78 is 0.751. The van der Waals surface area contributed by atoms with Gasteiger partial charge in [-0.2, -0.15) is 5.10 Å². The number of rotatable bonds is 2. The van der Waals surface area contributed by atoms with Gasteiger partial charge in [0.2, 0.25) is 0 Å². The summed E-state index contributed by atoms with van der Waals surface area (Å²) in [5, 5.41) is 11.1. The van der Waals surface area contributed by atoms with Crippen LogP contribution in [0.4, 0.5) is 5.82 Å². The first-order valence-electron chi connectivity index (χ1n) is 5.84. The lowest BCUT2D eigenvalue weighted by Crippen LogP contribution is -2.12. The van der Waals surface area contributed by atoms with Crippen LogP contribution in [0, 0.1) is 0 Å². The highest BCUT2D eigenvalue weighted by atomic mass is 79.9. The summed E-state index contributed by atoms with van der Waals surface area (Å²) >= 11 is 9.28. The number of hydrogen-bond donors (Lipinski definition) is 2. The second-order valence-corrected chi connectivity index (χ2v) is 5.46. The van der Waals surface area contributed by atoms with Crippen LogP contribution in [0.5, 0.6) is 0 Å². The van der Waals surface area contributed by atoms with Crippen molar-refractivity contribution in [3.63, 3.8) is 0 Å². The molecule has 0 atom stereocenters. The summed E-state index contributed by atoms with van der Waals surface area (Å²) in [6.45, 7) is 0. The van der Waals surface area contributed by atoms with Gasteiger partial charge in [0.15, 0.2) is 5.82 Å². The van der Waals surface area contributed by atoms with E-state index in [4.69, 9.17) is 11.6 Å². The molecule has 0 aliphatic carbocycles. The second-order valence-electron chi connectivity index (χ2n) is 4.20. The molecule has 0 spiro atoms. The summed E-state index contributed by atoms with van der Waals surface area (Å²) in [4.78, 5) is 12.2. The van der Waals surface area contributed by atoms with Crippen molar-refractivity contribution in [1.29, 1.82) is 0 Å². The fourth-order valence-electron chi connectivity index (χ4n) is 1.88. The summed E-state index contributed by atoms with van der Waals surface area (Å²) in [7, 11) is 0. The average Bonchev–Trinajstić information content (AvgIpc) is 2.85. The van der Waals surface area contributed by atoms with Gasteiger partial charge in [-0.25, -0.2) is 0 Å². The predicted octanol–water partition coefficient (Wildman–Crippen LogP) is 4.23. The Labute approximate surface area is 128 Å². The maximum Gasteiger partial charge on any atom is 0.256 e. The molecule has 0 saturated carbocycles. The Hall–Kier alpha value is -1.85. The standard InChI is InChI=1S/C14H9BrClN3O/c15-10-6-5-8(7-11(10)16)14(20)17-13-9-3-1-2-4-12(9)18-19-13/h1-7H,(H2,17,18,19,20). The van der Waals surface area contributed by atoms with Crippen LogP contribution in [0.25, 0.3) is 10.9 Å². The maximum absolute atomic E-state index is 12.2. The van der Waals surface area contributed by atoms with Crippen LogP contribution in [0.3, 0.4) is 0 Å². The molecule has 0 saturated heterocycles. The van der Waals surface area contributed by atoms with E-state index in [9.17, 15) is 4.79 Å². The molecule has 100 valence electrons. The molecule has 3 aromatic rings. The minimum Gasteiger partial charge on any atom is -0.305 e. The van der Waals surface area contributed by atoms with Gasteiger partial charge >= 0.3 is 0 Å². The van der Waals surface area contributed by atoms with Crippen molar-refractivity contribution in [1.82, 2.24) is 10.2 Å². The molecule has 0 radical (unpaired) electrons. The van der Waals surface area contributed by atoms with Crippen LogP contribution >= 0.6 is 27.5 Å². The number of para-hydroxylation sites is 1. The molecule has 2 aromatic carbocycles. The highest BCUT2D eigenvalue weighted by Gasteiger charge is 2.12. The van der Waals surface area contributed by atoms with Crippen molar-refractivity contribution in [2.24, 2.45) is 0 Å². The number of H-pyrrole nitrogens is 1. The first-order chi connectivity index (χ1) is 9.65. The molecular weight excluding hydrogens is 342 g/mol. The van der Waals surface area contributed by atoms with Gasteiger partial charge in [0.1, 0.15) is 0 Å². The molecule has 4 nitrogen and oxygen atoms in total.